The molecule has 0 unspecified atom stereocenters. The van der Waals surface area contributed by atoms with E-state index in [2.05, 4.69) is 22.3 Å². The minimum absolute atomic E-state index is 0.738. The second-order valence-corrected chi connectivity index (χ2v) is 5.32. The first kappa shape index (κ1) is 14.2. The van der Waals surface area contributed by atoms with Crippen LogP contribution in [0.3, 0.4) is 0 Å². The maximum atomic E-state index is 6.08. The lowest BCUT2D eigenvalue weighted by Crippen LogP contribution is -2.42. The highest BCUT2D eigenvalue weighted by molar-refractivity contribution is 6.31. The van der Waals surface area contributed by atoms with Gasteiger partial charge in [-0.05, 0) is 32.2 Å². The molecule has 0 atom stereocenters. The molecule has 0 bridgehead atoms. The number of likely N-dealkylation sites (N-methyl/N-ethyl adjacent to an activating group) is 1. The average Bonchev–Trinajstić information content (AvgIpc) is 2.41. The van der Waals surface area contributed by atoms with Crippen LogP contribution in [0.15, 0.2) is 23.3 Å². The SMILES string of the molecule is CNc1ccc(Cl)cc1/C(C)=N\N1CCN(C)CC1. The van der Waals surface area contributed by atoms with Crippen molar-refractivity contribution in [3.63, 3.8) is 0 Å². The Morgan fingerprint density at radius 3 is 2.58 bits per heavy atom. The summed E-state index contributed by atoms with van der Waals surface area (Å²) in [6.45, 7) is 6.10. The van der Waals surface area contributed by atoms with Crippen molar-refractivity contribution in [2.45, 2.75) is 6.92 Å². The largest absolute Gasteiger partial charge is 0.388 e. The number of anilines is 1. The van der Waals surface area contributed by atoms with Crippen LogP contribution in [0.25, 0.3) is 0 Å². The molecule has 19 heavy (non-hydrogen) atoms. The molecule has 1 aromatic carbocycles. The highest BCUT2D eigenvalue weighted by atomic mass is 35.5. The van der Waals surface area contributed by atoms with Crippen molar-refractivity contribution in [3.8, 4) is 0 Å². The van der Waals surface area contributed by atoms with Crippen LogP contribution in [0, 0.1) is 0 Å². The van der Waals surface area contributed by atoms with E-state index in [1.54, 1.807) is 0 Å². The molecule has 0 amide bonds. The summed E-state index contributed by atoms with van der Waals surface area (Å²) in [5.41, 5.74) is 3.12. The molecule has 0 spiro atoms. The lowest BCUT2D eigenvalue weighted by molar-refractivity contribution is 0.159. The van der Waals surface area contributed by atoms with Gasteiger partial charge < -0.3 is 10.2 Å². The van der Waals surface area contributed by atoms with Gasteiger partial charge >= 0.3 is 0 Å². The van der Waals surface area contributed by atoms with E-state index < -0.39 is 0 Å². The molecule has 1 aliphatic heterocycles. The van der Waals surface area contributed by atoms with Gasteiger partial charge in [-0.2, -0.15) is 5.10 Å². The number of halogens is 1. The molecule has 0 radical (unpaired) electrons. The molecule has 1 saturated heterocycles. The molecule has 1 heterocycles. The van der Waals surface area contributed by atoms with Crippen LogP contribution in [0.1, 0.15) is 12.5 Å². The number of hydrazone groups is 1. The fourth-order valence-corrected chi connectivity index (χ4v) is 2.37. The number of nitrogens with one attached hydrogen (secondary N) is 1. The maximum Gasteiger partial charge on any atom is 0.0667 e. The first-order valence-electron chi connectivity index (χ1n) is 6.56. The van der Waals surface area contributed by atoms with Crippen molar-refractivity contribution in [1.82, 2.24) is 9.91 Å². The number of piperazine rings is 1. The molecule has 1 fully saturated rings. The van der Waals surface area contributed by atoms with Crippen LogP contribution in [0.2, 0.25) is 5.02 Å². The molecule has 4 nitrogen and oxygen atoms in total. The molecular formula is C14H21ClN4. The molecule has 1 aliphatic rings. The van der Waals surface area contributed by atoms with Gasteiger partial charge in [-0.25, -0.2) is 0 Å². The zero-order valence-electron chi connectivity index (χ0n) is 11.8. The summed E-state index contributed by atoms with van der Waals surface area (Å²) in [6, 6.07) is 5.84. The Morgan fingerprint density at radius 2 is 1.95 bits per heavy atom. The number of benzene rings is 1. The van der Waals surface area contributed by atoms with E-state index >= 15 is 0 Å². The molecule has 5 heteroatoms. The molecule has 0 aliphatic carbocycles. The van der Waals surface area contributed by atoms with Crippen molar-refractivity contribution >= 4 is 23.0 Å². The summed E-state index contributed by atoms with van der Waals surface area (Å²) in [5.74, 6) is 0. The minimum atomic E-state index is 0.738. The highest BCUT2D eigenvalue weighted by Crippen LogP contribution is 2.21. The number of hydrogen-bond donors (Lipinski definition) is 1. The van der Waals surface area contributed by atoms with Gasteiger partial charge in [0.15, 0.2) is 0 Å². The lowest BCUT2D eigenvalue weighted by Gasteiger charge is -2.30. The highest BCUT2D eigenvalue weighted by Gasteiger charge is 2.13. The van der Waals surface area contributed by atoms with Crippen LogP contribution in [-0.4, -0.2) is 55.9 Å². The predicted octanol–water partition coefficient (Wildman–Crippen LogP) is 2.35. The smallest absolute Gasteiger partial charge is 0.0667 e. The molecule has 0 saturated carbocycles. The van der Waals surface area contributed by atoms with Crippen molar-refractivity contribution < 1.29 is 0 Å². The molecule has 1 aromatic rings. The zero-order chi connectivity index (χ0) is 13.8. The Balaban J connectivity index is 2.18. The van der Waals surface area contributed by atoms with Crippen LogP contribution in [-0.2, 0) is 0 Å². The molecule has 104 valence electrons. The van der Waals surface area contributed by atoms with Gasteiger partial charge in [0.05, 0.1) is 5.71 Å². The third-order valence-electron chi connectivity index (χ3n) is 3.41. The van der Waals surface area contributed by atoms with Gasteiger partial charge in [-0.3, -0.25) is 5.01 Å². The normalized spacial score (nSPS) is 17.7. The van der Waals surface area contributed by atoms with Crippen molar-refractivity contribution in [1.29, 1.82) is 0 Å². The molecule has 1 N–H and O–H groups in total. The third-order valence-corrected chi connectivity index (χ3v) is 3.65. The van der Waals surface area contributed by atoms with Crippen molar-refractivity contribution in [3.05, 3.63) is 28.8 Å². The van der Waals surface area contributed by atoms with E-state index in [4.69, 9.17) is 16.7 Å². The average molecular weight is 281 g/mol. The van der Waals surface area contributed by atoms with Gasteiger partial charge in [0, 0.05) is 49.5 Å². The Bertz CT molecular complexity index is 465. The van der Waals surface area contributed by atoms with Gasteiger partial charge in [0.1, 0.15) is 0 Å². The van der Waals surface area contributed by atoms with Gasteiger partial charge in [0.2, 0.25) is 0 Å². The molecular weight excluding hydrogens is 260 g/mol. The fourth-order valence-electron chi connectivity index (χ4n) is 2.20. The Labute approximate surface area is 120 Å². The summed E-state index contributed by atoms with van der Waals surface area (Å²) in [4.78, 5) is 2.32. The van der Waals surface area contributed by atoms with Crippen LogP contribution >= 0.6 is 11.6 Å². The monoisotopic (exact) mass is 280 g/mol. The standard InChI is InChI=1S/C14H21ClN4/c1-11(17-19-8-6-18(3)7-9-19)13-10-12(15)4-5-14(13)16-2/h4-5,10,16H,6-9H2,1-3H3/b17-11-. The predicted molar refractivity (Wildman–Crippen MR) is 82.3 cm³/mol. The molecule has 2 rings (SSSR count). The van der Waals surface area contributed by atoms with E-state index in [0.717, 1.165) is 48.2 Å². The Morgan fingerprint density at radius 1 is 1.26 bits per heavy atom. The quantitative estimate of drug-likeness (QED) is 0.863. The van der Waals surface area contributed by atoms with Crippen molar-refractivity contribution in [2.75, 3.05) is 45.6 Å². The van der Waals surface area contributed by atoms with Gasteiger partial charge in [-0.15, -0.1) is 0 Å². The molecule has 0 aromatic heterocycles. The minimum Gasteiger partial charge on any atom is -0.388 e. The summed E-state index contributed by atoms with van der Waals surface area (Å²) in [7, 11) is 4.06. The topological polar surface area (TPSA) is 30.9 Å². The summed E-state index contributed by atoms with van der Waals surface area (Å²) >= 11 is 6.08. The van der Waals surface area contributed by atoms with Gasteiger partial charge in [0.25, 0.3) is 0 Å². The van der Waals surface area contributed by atoms with E-state index in [1.807, 2.05) is 32.2 Å². The first-order valence-corrected chi connectivity index (χ1v) is 6.94. The van der Waals surface area contributed by atoms with E-state index in [9.17, 15) is 0 Å². The number of hydrogen-bond acceptors (Lipinski definition) is 4. The summed E-state index contributed by atoms with van der Waals surface area (Å²) in [6.07, 6.45) is 0. The van der Waals surface area contributed by atoms with Crippen LogP contribution in [0.5, 0.6) is 0 Å². The fraction of sp³-hybridized carbons (Fsp3) is 0.500. The van der Waals surface area contributed by atoms with E-state index in [1.165, 1.54) is 0 Å². The Kier molecular flexibility index (Phi) is 4.66. The third kappa shape index (κ3) is 3.61. The van der Waals surface area contributed by atoms with Crippen LogP contribution in [0.4, 0.5) is 5.69 Å². The lowest BCUT2D eigenvalue weighted by atomic mass is 10.1. The summed E-state index contributed by atoms with van der Waals surface area (Å²) in [5, 5.41) is 10.8. The van der Waals surface area contributed by atoms with Crippen molar-refractivity contribution in [2.24, 2.45) is 5.10 Å². The maximum absolute atomic E-state index is 6.08. The Hall–Kier alpha value is -1.26. The van der Waals surface area contributed by atoms with Gasteiger partial charge in [-0.1, -0.05) is 11.6 Å². The first-order chi connectivity index (χ1) is 9.10. The number of nitrogens with zero attached hydrogens (tertiary/aromatic N) is 3. The second kappa shape index (κ2) is 6.26. The summed E-state index contributed by atoms with van der Waals surface area (Å²) < 4.78 is 0. The van der Waals surface area contributed by atoms with Crippen LogP contribution < -0.4 is 5.32 Å². The zero-order valence-corrected chi connectivity index (χ0v) is 12.5. The van der Waals surface area contributed by atoms with E-state index in [-0.39, 0.29) is 0 Å². The second-order valence-electron chi connectivity index (χ2n) is 4.88. The number of rotatable bonds is 3. The van der Waals surface area contributed by atoms with E-state index in [0.29, 0.717) is 0 Å².